The molecule has 0 spiro atoms. The topological polar surface area (TPSA) is 111 Å². The van der Waals surface area contributed by atoms with Gasteiger partial charge in [0.15, 0.2) is 5.82 Å². The third kappa shape index (κ3) is 3.81. The van der Waals surface area contributed by atoms with Crippen molar-refractivity contribution in [1.82, 2.24) is 30.5 Å². The van der Waals surface area contributed by atoms with E-state index in [-0.39, 0.29) is 6.03 Å². The smallest absolute Gasteiger partial charge is 0.319 e. The van der Waals surface area contributed by atoms with E-state index >= 15 is 0 Å². The van der Waals surface area contributed by atoms with Crippen molar-refractivity contribution in [3.63, 3.8) is 0 Å². The number of carbonyl (C=O) groups is 1. The molecule has 0 aliphatic heterocycles. The van der Waals surface area contributed by atoms with Gasteiger partial charge in [0, 0.05) is 23.7 Å². The third-order valence-electron chi connectivity index (χ3n) is 4.53. The lowest BCUT2D eigenvalue weighted by Crippen LogP contribution is -2.29. The molecule has 27 heavy (non-hydrogen) atoms. The van der Waals surface area contributed by atoms with Crippen molar-refractivity contribution < 1.29 is 9.32 Å². The molecule has 4 rings (SSSR count). The molecular weight excluding hydrogens is 346 g/mol. The van der Waals surface area contributed by atoms with Crippen LogP contribution in [0.1, 0.15) is 42.8 Å². The molecule has 0 radical (unpaired) electrons. The fourth-order valence-electron chi connectivity index (χ4n) is 2.82. The largest absolute Gasteiger partial charge is 0.334 e. The highest BCUT2D eigenvalue weighted by Crippen LogP contribution is 2.39. The van der Waals surface area contributed by atoms with E-state index < -0.39 is 0 Å². The Hall–Kier alpha value is -3.23. The Labute approximate surface area is 156 Å². The number of anilines is 1. The van der Waals surface area contributed by atoms with Crippen molar-refractivity contribution in [3.8, 4) is 11.5 Å². The van der Waals surface area contributed by atoms with Gasteiger partial charge in [0.25, 0.3) is 5.89 Å². The van der Waals surface area contributed by atoms with Gasteiger partial charge in [0.1, 0.15) is 0 Å². The minimum absolute atomic E-state index is 0.288. The Bertz CT molecular complexity index is 958. The van der Waals surface area contributed by atoms with Crippen molar-refractivity contribution in [2.75, 3.05) is 5.32 Å². The maximum Gasteiger partial charge on any atom is 0.319 e. The summed E-state index contributed by atoms with van der Waals surface area (Å²) in [6.07, 6.45) is 3.90. The Balaban J connectivity index is 1.39. The summed E-state index contributed by atoms with van der Waals surface area (Å²) >= 11 is 0. The summed E-state index contributed by atoms with van der Waals surface area (Å²) in [6.45, 7) is 4.96. The minimum Gasteiger partial charge on any atom is -0.334 e. The van der Waals surface area contributed by atoms with E-state index in [2.05, 4.69) is 31.1 Å². The minimum atomic E-state index is -0.288. The molecule has 2 amide bonds. The van der Waals surface area contributed by atoms with Gasteiger partial charge in [-0.3, -0.25) is 0 Å². The number of carbonyl (C=O) groups excluding carboxylic acids is 1. The fourth-order valence-corrected chi connectivity index (χ4v) is 2.82. The van der Waals surface area contributed by atoms with Crippen LogP contribution in [0.5, 0.6) is 0 Å². The molecule has 0 unspecified atom stereocenters. The molecular formula is C18H21N7O2. The maximum atomic E-state index is 12.2. The van der Waals surface area contributed by atoms with Gasteiger partial charge >= 0.3 is 6.03 Å². The van der Waals surface area contributed by atoms with Gasteiger partial charge < -0.3 is 15.2 Å². The second kappa shape index (κ2) is 7.18. The lowest BCUT2D eigenvalue weighted by atomic mass is 10.1. The summed E-state index contributed by atoms with van der Waals surface area (Å²) < 4.78 is 7.09. The SMILES string of the molecule is CCn1nncc1CNC(=O)Nc1ccc(-c2nc(C3CC3)no2)cc1C. The average molecular weight is 367 g/mol. The molecule has 0 bridgehead atoms. The molecule has 1 fully saturated rings. The monoisotopic (exact) mass is 367 g/mol. The van der Waals surface area contributed by atoms with Gasteiger partial charge in [0.05, 0.1) is 18.4 Å². The van der Waals surface area contributed by atoms with Crippen LogP contribution in [0.25, 0.3) is 11.5 Å². The molecule has 0 atom stereocenters. The van der Waals surface area contributed by atoms with Crippen molar-refractivity contribution in [2.45, 2.75) is 45.7 Å². The van der Waals surface area contributed by atoms with Crippen LogP contribution in [0.2, 0.25) is 0 Å². The quantitative estimate of drug-likeness (QED) is 0.693. The number of urea groups is 1. The summed E-state index contributed by atoms with van der Waals surface area (Å²) in [4.78, 5) is 16.6. The first-order valence-corrected chi connectivity index (χ1v) is 9.01. The van der Waals surface area contributed by atoms with Crippen LogP contribution in [-0.4, -0.2) is 31.2 Å². The summed E-state index contributed by atoms with van der Waals surface area (Å²) in [5.74, 6) is 1.74. The number of aryl methyl sites for hydroxylation is 2. The van der Waals surface area contributed by atoms with Crippen LogP contribution < -0.4 is 10.6 Å². The second-order valence-electron chi connectivity index (χ2n) is 6.61. The van der Waals surface area contributed by atoms with Gasteiger partial charge in [0.2, 0.25) is 0 Å². The second-order valence-corrected chi connectivity index (χ2v) is 6.61. The zero-order valence-electron chi connectivity index (χ0n) is 15.3. The molecule has 3 aromatic rings. The molecule has 2 aromatic heterocycles. The number of benzene rings is 1. The first-order valence-electron chi connectivity index (χ1n) is 9.01. The number of nitrogens with one attached hydrogen (secondary N) is 2. The van der Waals surface area contributed by atoms with Crippen LogP contribution in [0.15, 0.2) is 28.9 Å². The zero-order chi connectivity index (χ0) is 18.8. The predicted molar refractivity (Wildman–Crippen MR) is 98.0 cm³/mol. The Kier molecular flexibility index (Phi) is 4.57. The summed E-state index contributed by atoms with van der Waals surface area (Å²) in [5.41, 5.74) is 3.33. The van der Waals surface area contributed by atoms with Crippen LogP contribution in [0, 0.1) is 6.92 Å². The molecule has 1 aliphatic carbocycles. The zero-order valence-corrected chi connectivity index (χ0v) is 15.3. The van der Waals surface area contributed by atoms with Crippen molar-refractivity contribution in [1.29, 1.82) is 0 Å². The van der Waals surface area contributed by atoms with Gasteiger partial charge in [-0.15, -0.1) is 5.10 Å². The van der Waals surface area contributed by atoms with Gasteiger partial charge in [-0.1, -0.05) is 10.4 Å². The Morgan fingerprint density at radius 2 is 2.22 bits per heavy atom. The summed E-state index contributed by atoms with van der Waals surface area (Å²) in [7, 11) is 0. The van der Waals surface area contributed by atoms with Gasteiger partial charge in [-0.2, -0.15) is 4.98 Å². The van der Waals surface area contributed by atoms with Crippen LogP contribution in [0.3, 0.4) is 0 Å². The Morgan fingerprint density at radius 1 is 1.37 bits per heavy atom. The van der Waals surface area contributed by atoms with E-state index in [0.29, 0.717) is 24.9 Å². The van der Waals surface area contributed by atoms with E-state index in [4.69, 9.17) is 4.52 Å². The molecule has 2 heterocycles. The van der Waals surface area contributed by atoms with Gasteiger partial charge in [-0.25, -0.2) is 9.48 Å². The van der Waals surface area contributed by atoms with Crippen LogP contribution in [-0.2, 0) is 13.1 Å². The van der Waals surface area contributed by atoms with E-state index in [0.717, 1.165) is 41.2 Å². The molecule has 0 saturated heterocycles. The summed E-state index contributed by atoms with van der Waals surface area (Å²) in [6, 6.07) is 5.34. The fraction of sp³-hybridized carbons (Fsp3) is 0.389. The third-order valence-corrected chi connectivity index (χ3v) is 4.53. The number of hydrogen-bond acceptors (Lipinski definition) is 6. The average Bonchev–Trinajstić information content (AvgIpc) is 3.22. The van der Waals surface area contributed by atoms with Crippen molar-refractivity contribution >= 4 is 11.7 Å². The molecule has 2 N–H and O–H groups in total. The first kappa shape index (κ1) is 17.2. The Morgan fingerprint density at radius 3 is 2.96 bits per heavy atom. The lowest BCUT2D eigenvalue weighted by Gasteiger charge is -2.11. The molecule has 1 aliphatic rings. The lowest BCUT2D eigenvalue weighted by molar-refractivity contribution is 0.251. The maximum absolute atomic E-state index is 12.2. The predicted octanol–water partition coefficient (Wildman–Crippen LogP) is 2.86. The summed E-state index contributed by atoms with van der Waals surface area (Å²) in [5, 5.41) is 17.5. The van der Waals surface area contributed by atoms with E-state index in [9.17, 15) is 4.79 Å². The number of nitrogens with zero attached hydrogens (tertiary/aromatic N) is 5. The molecule has 1 aromatic carbocycles. The standard InChI is InChI=1S/C18H21N7O2/c1-3-25-14(10-20-24-25)9-19-18(26)21-15-7-6-13(8-11(15)2)17-22-16(23-27-17)12-4-5-12/h6-8,10,12H,3-5,9H2,1-2H3,(H2,19,21,26). The van der Waals surface area contributed by atoms with Crippen LogP contribution >= 0.6 is 0 Å². The van der Waals surface area contributed by atoms with Gasteiger partial charge in [-0.05, 0) is 50.5 Å². The normalized spacial score (nSPS) is 13.6. The molecule has 140 valence electrons. The number of hydrogen-bond donors (Lipinski definition) is 2. The highest BCUT2D eigenvalue weighted by molar-refractivity contribution is 5.90. The van der Waals surface area contributed by atoms with Crippen LogP contribution in [0.4, 0.5) is 10.5 Å². The molecule has 1 saturated carbocycles. The van der Waals surface area contributed by atoms with E-state index in [1.54, 1.807) is 10.9 Å². The van der Waals surface area contributed by atoms with Crippen molar-refractivity contribution in [2.24, 2.45) is 0 Å². The highest BCUT2D eigenvalue weighted by atomic mass is 16.5. The first-order chi connectivity index (χ1) is 13.1. The highest BCUT2D eigenvalue weighted by Gasteiger charge is 2.29. The molecule has 9 heteroatoms. The molecule has 9 nitrogen and oxygen atoms in total. The number of amides is 2. The van der Waals surface area contributed by atoms with Crippen molar-refractivity contribution in [3.05, 3.63) is 41.5 Å². The number of rotatable bonds is 6. The van der Waals surface area contributed by atoms with E-state index in [1.165, 1.54) is 0 Å². The van der Waals surface area contributed by atoms with E-state index in [1.807, 2.05) is 32.0 Å². The number of aromatic nitrogens is 5.